The first-order valence-electron chi connectivity index (χ1n) is 10.2. The van der Waals surface area contributed by atoms with Crippen LogP contribution >= 0.6 is 0 Å². The van der Waals surface area contributed by atoms with Crippen LogP contribution in [-0.4, -0.2) is 98.7 Å². The number of nitrogens with zero attached hydrogens (tertiary/aromatic N) is 4. The summed E-state index contributed by atoms with van der Waals surface area (Å²) in [6, 6.07) is 3.46. The third kappa shape index (κ3) is 4.67. The molecule has 0 unspecified atom stereocenters. The molecule has 1 aromatic heterocycles. The molecule has 8 nitrogen and oxygen atoms in total. The Morgan fingerprint density at radius 2 is 1.89 bits per heavy atom. The Bertz CT molecular complexity index is 645. The van der Waals surface area contributed by atoms with Crippen molar-refractivity contribution in [2.75, 3.05) is 66.6 Å². The second-order valence-electron chi connectivity index (χ2n) is 7.66. The Morgan fingerprint density at radius 3 is 2.46 bits per heavy atom. The second-order valence-corrected chi connectivity index (χ2v) is 7.66. The van der Waals surface area contributed by atoms with Gasteiger partial charge in [-0.25, -0.2) is 0 Å². The molecule has 0 atom stereocenters. The van der Waals surface area contributed by atoms with Gasteiger partial charge in [0.1, 0.15) is 0 Å². The van der Waals surface area contributed by atoms with Crippen molar-refractivity contribution >= 4 is 11.9 Å². The largest absolute Gasteiger partial charge is 0.459 e. The van der Waals surface area contributed by atoms with E-state index in [0.717, 1.165) is 58.2 Å². The van der Waals surface area contributed by atoms with E-state index in [1.54, 1.807) is 12.1 Å². The molecule has 1 amide bonds. The van der Waals surface area contributed by atoms with Gasteiger partial charge in [-0.1, -0.05) is 0 Å². The van der Waals surface area contributed by atoms with E-state index in [0.29, 0.717) is 18.8 Å². The minimum atomic E-state index is -0.0413. The zero-order valence-electron chi connectivity index (χ0n) is 17.3. The lowest BCUT2D eigenvalue weighted by molar-refractivity contribution is -0.00267. The number of carbonyl (C=O) groups is 1. The predicted octanol–water partition coefficient (Wildman–Crippen LogP) is 1.11. The van der Waals surface area contributed by atoms with E-state index in [1.807, 2.05) is 4.90 Å². The van der Waals surface area contributed by atoms with Gasteiger partial charge in [-0.3, -0.25) is 9.79 Å². The average molecular weight is 392 g/mol. The molecule has 0 bridgehead atoms. The van der Waals surface area contributed by atoms with Crippen molar-refractivity contribution in [3.8, 4) is 0 Å². The summed E-state index contributed by atoms with van der Waals surface area (Å²) in [5, 5.41) is 3.42. The van der Waals surface area contributed by atoms with Gasteiger partial charge in [0.05, 0.1) is 12.8 Å². The number of ether oxygens (including phenoxy) is 1. The highest BCUT2D eigenvalue weighted by molar-refractivity contribution is 5.91. The first-order chi connectivity index (χ1) is 13.6. The molecule has 0 aromatic carbocycles. The summed E-state index contributed by atoms with van der Waals surface area (Å²) in [4.78, 5) is 23.8. The first kappa shape index (κ1) is 20.7. The van der Waals surface area contributed by atoms with E-state index in [2.05, 4.69) is 36.1 Å². The molecule has 0 spiro atoms. The summed E-state index contributed by atoms with van der Waals surface area (Å²) in [5.74, 6) is 1.29. The second kappa shape index (κ2) is 9.43. The number of rotatable bonds is 5. The van der Waals surface area contributed by atoms with Gasteiger partial charge in [0, 0.05) is 51.5 Å². The zero-order valence-corrected chi connectivity index (χ0v) is 17.3. The Labute approximate surface area is 167 Å². The molecule has 0 aliphatic carbocycles. The fourth-order valence-corrected chi connectivity index (χ4v) is 3.82. The van der Waals surface area contributed by atoms with Gasteiger partial charge in [-0.05, 0) is 46.0 Å². The van der Waals surface area contributed by atoms with Crippen LogP contribution in [0, 0.1) is 0 Å². The van der Waals surface area contributed by atoms with Crippen LogP contribution in [0.5, 0.6) is 0 Å². The van der Waals surface area contributed by atoms with Crippen LogP contribution in [0.4, 0.5) is 0 Å². The van der Waals surface area contributed by atoms with Crippen LogP contribution in [0.3, 0.4) is 0 Å². The molecule has 1 aromatic rings. The molecule has 8 heteroatoms. The fourth-order valence-electron chi connectivity index (χ4n) is 3.82. The number of piperazine rings is 1. The van der Waals surface area contributed by atoms with Crippen molar-refractivity contribution in [1.82, 2.24) is 20.0 Å². The van der Waals surface area contributed by atoms with Gasteiger partial charge in [0.25, 0.3) is 5.91 Å². The van der Waals surface area contributed by atoms with Crippen molar-refractivity contribution in [2.45, 2.75) is 25.3 Å². The maximum Gasteiger partial charge on any atom is 0.289 e. The van der Waals surface area contributed by atoms with Crippen molar-refractivity contribution < 1.29 is 13.9 Å². The van der Waals surface area contributed by atoms with Crippen LogP contribution in [0.25, 0.3) is 0 Å². The van der Waals surface area contributed by atoms with Crippen molar-refractivity contribution in [2.24, 2.45) is 4.99 Å². The molecule has 0 saturated carbocycles. The standard InChI is InChI=1S/C20H33N5O3/c1-4-21-19(22-16-20(23(2)3)7-14-27-15-8-20)25-11-9-24(10-12-25)18(26)17-6-5-13-28-17/h5-6,13H,4,7-12,14-16H2,1-3H3,(H,21,22). The van der Waals surface area contributed by atoms with E-state index < -0.39 is 0 Å². The molecule has 28 heavy (non-hydrogen) atoms. The Kier molecular flexibility index (Phi) is 6.96. The SMILES string of the molecule is CCNC(=NCC1(N(C)C)CCOCC1)N1CCN(C(=O)c2ccco2)CC1. The van der Waals surface area contributed by atoms with Crippen LogP contribution in [0.2, 0.25) is 0 Å². The summed E-state index contributed by atoms with van der Waals surface area (Å²) < 4.78 is 10.8. The molecule has 2 aliphatic heterocycles. The summed E-state index contributed by atoms with van der Waals surface area (Å²) >= 11 is 0. The number of nitrogens with one attached hydrogen (secondary N) is 1. The number of furan rings is 1. The monoisotopic (exact) mass is 391 g/mol. The lowest BCUT2D eigenvalue weighted by atomic mass is 9.89. The molecular formula is C20H33N5O3. The third-order valence-electron chi connectivity index (χ3n) is 5.83. The van der Waals surface area contributed by atoms with Crippen LogP contribution in [0.1, 0.15) is 30.3 Å². The highest BCUT2D eigenvalue weighted by atomic mass is 16.5. The van der Waals surface area contributed by atoms with E-state index in [4.69, 9.17) is 14.1 Å². The van der Waals surface area contributed by atoms with Gasteiger partial charge in [0.15, 0.2) is 11.7 Å². The van der Waals surface area contributed by atoms with Gasteiger partial charge in [-0.2, -0.15) is 0 Å². The molecule has 3 heterocycles. The summed E-state index contributed by atoms with van der Waals surface area (Å²) in [5.41, 5.74) is 0.0516. The van der Waals surface area contributed by atoms with E-state index in [9.17, 15) is 4.79 Å². The zero-order chi connectivity index (χ0) is 20.0. The number of amides is 1. The highest BCUT2D eigenvalue weighted by Gasteiger charge is 2.35. The normalized spacial score (nSPS) is 20.5. The first-order valence-corrected chi connectivity index (χ1v) is 10.2. The lowest BCUT2D eigenvalue weighted by Gasteiger charge is -2.42. The maximum atomic E-state index is 12.5. The quantitative estimate of drug-likeness (QED) is 0.599. The highest BCUT2D eigenvalue weighted by Crippen LogP contribution is 2.26. The van der Waals surface area contributed by atoms with E-state index in [-0.39, 0.29) is 11.4 Å². The van der Waals surface area contributed by atoms with Gasteiger partial charge < -0.3 is 29.2 Å². The van der Waals surface area contributed by atoms with Crippen LogP contribution < -0.4 is 5.32 Å². The molecule has 2 saturated heterocycles. The van der Waals surface area contributed by atoms with Crippen LogP contribution in [0.15, 0.2) is 27.8 Å². The minimum Gasteiger partial charge on any atom is -0.459 e. The smallest absolute Gasteiger partial charge is 0.289 e. The molecule has 1 N–H and O–H groups in total. The predicted molar refractivity (Wildman–Crippen MR) is 109 cm³/mol. The third-order valence-corrected chi connectivity index (χ3v) is 5.83. The Morgan fingerprint density at radius 1 is 1.21 bits per heavy atom. The maximum absolute atomic E-state index is 12.5. The molecule has 3 rings (SSSR count). The van der Waals surface area contributed by atoms with Crippen molar-refractivity contribution in [3.05, 3.63) is 24.2 Å². The number of likely N-dealkylation sites (N-methyl/N-ethyl adjacent to an activating group) is 1. The van der Waals surface area contributed by atoms with E-state index in [1.165, 1.54) is 6.26 Å². The number of hydrogen-bond acceptors (Lipinski definition) is 5. The lowest BCUT2D eigenvalue weighted by Crippen LogP contribution is -2.55. The number of carbonyl (C=O) groups excluding carboxylic acids is 1. The van der Waals surface area contributed by atoms with Gasteiger partial charge >= 0.3 is 0 Å². The topological polar surface area (TPSA) is 73.6 Å². The molecule has 0 radical (unpaired) electrons. The van der Waals surface area contributed by atoms with E-state index >= 15 is 0 Å². The molecule has 156 valence electrons. The van der Waals surface area contributed by atoms with Gasteiger partial charge in [0.2, 0.25) is 0 Å². The molecule has 2 aliphatic rings. The summed E-state index contributed by atoms with van der Waals surface area (Å²) in [7, 11) is 4.26. The minimum absolute atomic E-state index is 0.0413. The number of aliphatic imine (C=N–C) groups is 1. The van der Waals surface area contributed by atoms with Crippen molar-refractivity contribution in [1.29, 1.82) is 0 Å². The average Bonchev–Trinajstić information content (AvgIpc) is 3.26. The summed E-state index contributed by atoms with van der Waals surface area (Å²) in [6.07, 6.45) is 3.53. The fraction of sp³-hybridized carbons (Fsp3) is 0.700. The number of guanidine groups is 1. The molecule has 2 fully saturated rings. The Balaban J connectivity index is 1.62. The molecular weight excluding hydrogens is 358 g/mol. The van der Waals surface area contributed by atoms with Gasteiger partial charge in [-0.15, -0.1) is 0 Å². The Hall–Kier alpha value is -2.06. The summed E-state index contributed by atoms with van der Waals surface area (Å²) in [6.45, 7) is 8.08. The van der Waals surface area contributed by atoms with Crippen LogP contribution in [-0.2, 0) is 4.74 Å². The van der Waals surface area contributed by atoms with Crippen molar-refractivity contribution in [3.63, 3.8) is 0 Å². The number of hydrogen-bond donors (Lipinski definition) is 1.